The molecule has 1 fully saturated rings. The number of aromatic nitrogens is 1. The molecule has 1 aromatic heterocycles. The molecule has 1 amide bonds. The molecule has 4 heteroatoms. The van der Waals surface area contributed by atoms with E-state index in [0.29, 0.717) is 18.5 Å². The lowest BCUT2D eigenvalue weighted by Crippen LogP contribution is -2.52. The molecule has 2 heterocycles. The minimum atomic E-state index is 0.174. The van der Waals surface area contributed by atoms with Gasteiger partial charge in [-0.15, -0.1) is 0 Å². The number of nitrogens with zero attached hydrogens (tertiary/aromatic N) is 2. The van der Waals surface area contributed by atoms with Gasteiger partial charge in [-0.25, -0.2) is 0 Å². The predicted molar refractivity (Wildman–Crippen MR) is 80.4 cm³/mol. The number of hydrogen-bond donors (Lipinski definition) is 1. The molecule has 0 aromatic carbocycles. The van der Waals surface area contributed by atoms with Crippen LogP contribution in [-0.2, 0) is 11.2 Å². The third-order valence-electron chi connectivity index (χ3n) is 4.21. The minimum Gasteiger partial charge on any atom is -0.352 e. The molecule has 110 valence electrons. The van der Waals surface area contributed by atoms with E-state index in [1.54, 1.807) is 6.20 Å². The van der Waals surface area contributed by atoms with Crippen molar-refractivity contribution in [3.63, 3.8) is 0 Å². The standard InChI is InChI=1S/C16H25N3O/c1-13-15(9-6-12-19(13)2)18-16(20)10-5-8-14-7-3-4-11-17-14/h3-4,7,11,13,15H,5-6,8-10,12H2,1-2H3,(H,18,20)/t13-,15+/m1/s1. The number of carbonyl (C=O) groups excluding carboxylic acids is 1. The number of aryl methyl sites for hydroxylation is 1. The first-order valence-electron chi connectivity index (χ1n) is 7.56. The lowest BCUT2D eigenvalue weighted by Gasteiger charge is -2.37. The summed E-state index contributed by atoms with van der Waals surface area (Å²) in [4.78, 5) is 18.6. The SMILES string of the molecule is C[C@@H]1[C@@H](NC(=O)CCCc2ccccn2)CCCN1C. The van der Waals surface area contributed by atoms with Crippen molar-refractivity contribution in [2.45, 2.75) is 51.1 Å². The van der Waals surface area contributed by atoms with Gasteiger partial charge >= 0.3 is 0 Å². The van der Waals surface area contributed by atoms with Crippen LogP contribution in [0.2, 0.25) is 0 Å². The number of likely N-dealkylation sites (N-methyl/N-ethyl adjacent to an activating group) is 1. The van der Waals surface area contributed by atoms with Crippen LogP contribution in [0.15, 0.2) is 24.4 Å². The highest BCUT2D eigenvalue weighted by Gasteiger charge is 2.26. The van der Waals surface area contributed by atoms with Crippen molar-refractivity contribution in [3.8, 4) is 0 Å². The van der Waals surface area contributed by atoms with Gasteiger partial charge in [-0.2, -0.15) is 0 Å². The Morgan fingerprint density at radius 1 is 1.50 bits per heavy atom. The Morgan fingerprint density at radius 3 is 3.10 bits per heavy atom. The number of amides is 1. The number of nitrogens with one attached hydrogen (secondary N) is 1. The Labute approximate surface area is 121 Å². The van der Waals surface area contributed by atoms with Gasteiger partial charge in [0.2, 0.25) is 5.91 Å². The van der Waals surface area contributed by atoms with Gasteiger partial charge in [-0.3, -0.25) is 9.78 Å². The van der Waals surface area contributed by atoms with E-state index in [0.717, 1.165) is 31.5 Å². The fourth-order valence-corrected chi connectivity index (χ4v) is 2.76. The van der Waals surface area contributed by atoms with E-state index in [-0.39, 0.29) is 5.91 Å². The summed E-state index contributed by atoms with van der Waals surface area (Å²) in [5.74, 6) is 0.174. The summed E-state index contributed by atoms with van der Waals surface area (Å²) in [6.07, 6.45) is 6.38. The van der Waals surface area contributed by atoms with Crippen LogP contribution in [0, 0.1) is 0 Å². The number of piperidine rings is 1. The largest absolute Gasteiger partial charge is 0.352 e. The molecule has 2 rings (SSSR count). The Kier molecular flexibility index (Phi) is 5.53. The van der Waals surface area contributed by atoms with E-state index < -0.39 is 0 Å². The molecular formula is C16H25N3O. The first-order valence-corrected chi connectivity index (χ1v) is 7.56. The highest BCUT2D eigenvalue weighted by Crippen LogP contribution is 2.15. The third-order valence-corrected chi connectivity index (χ3v) is 4.21. The third kappa shape index (κ3) is 4.30. The summed E-state index contributed by atoms with van der Waals surface area (Å²) in [5, 5.41) is 3.18. The second-order valence-electron chi connectivity index (χ2n) is 5.71. The highest BCUT2D eigenvalue weighted by molar-refractivity contribution is 5.76. The van der Waals surface area contributed by atoms with Crippen LogP contribution < -0.4 is 5.32 Å². The molecule has 0 unspecified atom stereocenters. The average molecular weight is 275 g/mol. The van der Waals surface area contributed by atoms with Gasteiger partial charge in [0.15, 0.2) is 0 Å². The van der Waals surface area contributed by atoms with E-state index in [4.69, 9.17) is 0 Å². The first-order chi connectivity index (χ1) is 9.66. The molecule has 0 radical (unpaired) electrons. The molecule has 1 aliphatic rings. The van der Waals surface area contributed by atoms with Crippen molar-refractivity contribution in [1.29, 1.82) is 0 Å². The number of rotatable bonds is 5. The van der Waals surface area contributed by atoms with Gasteiger partial charge in [0.1, 0.15) is 0 Å². The van der Waals surface area contributed by atoms with Gasteiger partial charge in [0.05, 0.1) is 0 Å². The minimum absolute atomic E-state index is 0.174. The van der Waals surface area contributed by atoms with Gasteiger partial charge in [-0.1, -0.05) is 6.07 Å². The zero-order chi connectivity index (χ0) is 14.4. The van der Waals surface area contributed by atoms with Crippen molar-refractivity contribution >= 4 is 5.91 Å². The summed E-state index contributed by atoms with van der Waals surface area (Å²) in [5.41, 5.74) is 1.06. The topological polar surface area (TPSA) is 45.2 Å². The summed E-state index contributed by atoms with van der Waals surface area (Å²) < 4.78 is 0. The van der Waals surface area contributed by atoms with Crippen molar-refractivity contribution < 1.29 is 4.79 Å². The van der Waals surface area contributed by atoms with Crippen LogP contribution in [0.4, 0.5) is 0 Å². The van der Waals surface area contributed by atoms with Crippen LogP contribution in [0.25, 0.3) is 0 Å². The molecular weight excluding hydrogens is 250 g/mol. The number of hydrogen-bond acceptors (Lipinski definition) is 3. The van der Waals surface area contributed by atoms with Crippen molar-refractivity contribution in [3.05, 3.63) is 30.1 Å². The quantitative estimate of drug-likeness (QED) is 0.894. The highest BCUT2D eigenvalue weighted by atomic mass is 16.1. The molecule has 0 bridgehead atoms. The lowest BCUT2D eigenvalue weighted by molar-refractivity contribution is -0.122. The van der Waals surface area contributed by atoms with Crippen molar-refractivity contribution in [1.82, 2.24) is 15.2 Å². The summed E-state index contributed by atoms with van der Waals surface area (Å²) >= 11 is 0. The fourth-order valence-electron chi connectivity index (χ4n) is 2.76. The van der Waals surface area contributed by atoms with Crippen LogP contribution in [0.3, 0.4) is 0 Å². The smallest absolute Gasteiger partial charge is 0.220 e. The number of likely N-dealkylation sites (tertiary alicyclic amines) is 1. The van der Waals surface area contributed by atoms with Crippen LogP contribution in [0.1, 0.15) is 38.3 Å². The number of pyridine rings is 1. The monoisotopic (exact) mass is 275 g/mol. The molecule has 4 nitrogen and oxygen atoms in total. The van der Waals surface area contributed by atoms with Crippen molar-refractivity contribution in [2.75, 3.05) is 13.6 Å². The summed E-state index contributed by atoms with van der Waals surface area (Å²) in [6, 6.07) is 6.65. The van der Waals surface area contributed by atoms with E-state index in [1.807, 2.05) is 18.2 Å². The molecule has 0 spiro atoms. The zero-order valence-electron chi connectivity index (χ0n) is 12.5. The van der Waals surface area contributed by atoms with E-state index in [2.05, 4.69) is 29.2 Å². The molecule has 0 aliphatic carbocycles. The average Bonchev–Trinajstić information content (AvgIpc) is 2.45. The maximum atomic E-state index is 12.0. The normalized spacial score (nSPS) is 23.5. The molecule has 20 heavy (non-hydrogen) atoms. The van der Waals surface area contributed by atoms with E-state index in [1.165, 1.54) is 6.42 Å². The number of carbonyl (C=O) groups is 1. The maximum absolute atomic E-state index is 12.0. The summed E-state index contributed by atoms with van der Waals surface area (Å²) in [6.45, 7) is 3.32. The maximum Gasteiger partial charge on any atom is 0.220 e. The molecule has 0 saturated carbocycles. The second kappa shape index (κ2) is 7.39. The fraction of sp³-hybridized carbons (Fsp3) is 0.625. The van der Waals surface area contributed by atoms with Gasteiger partial charge in [0, 0.05) is 30.4 Å². The van der Waals surface area contributed by atoms with E-state index in [9.17, 15) is 4.79 Å². The molecule has 1 aliphatic heterocycles. The van der Waals surface area contributed by atoms with Gasteiger partial charge in [-0.05, 0) is 58.3 Å². The van der Waals surface area contributed by atoms with Crippen LogP contribution >= 0.6 is 0 Å². The Balaban J connectivity index is 1.70. The molecule has 1 N–H and O–H groups in total. The molecule has 1 saturated heterocycles. The molecule has 2 atom stereocenters. The molecule has 1 aromatic rings. The first kappa shape index (κ1) is 15.0. The second-order valence-corrected chi connectivity index (χ2v) is 5.71. The zero-order valence-corrected chi connectivity index (χ0v) is 12.5. The Hall–Kier alpha value is -1.42. The predicted octanol–water partition coefficient (Wildman–Crippen LogP) is 2.00. The lowest BCUT2D eigenvalue weighted by atomic mass is 9.98. The van der Waals surface area contributed by atoms with Crippen LogP contribution in [0.5, 0.6) is 0 Å². The summed E-state index contributed by atoms with van der Waals surface area (Å²) in [7, 11) is 2.13. The van der Waals surface area contributed by atoms with E-state index >= 15 is 0 Å². The Morgan fingerprint density at radius 2 is 2.35 bits per heavy atom. The van der Waals surface area contributed by atoms with Gasteiger partial charge < -0.3 is 10.2 Å². The van der Waals surface area contributed by atoms with Crippen molar-refractivity contribution in [2.24, 2.45) is 0 Å². The van der Waals surface area contributed by atoms with Gasteiger partial charge in [0.25, 0.3) is 0 Å². The Bertz CT molecular complexity index is 421. The van der Waals surface area contributed by atoms with Crippen LogP contribution in [-0.4, -0.2) is 41.5 Å².